The lowest BCUT2D eigenvalue weighted by molar-refractivity contribution is -0.123. The Bertz CT molecular complexity index is 1210. The van der Waals surface area contributed by atoms with Crippen molar-refractivity contribution in [1.29, 1.82) is 0 Å². The van der Waals surface area contributed by atoms with Gasteiger partial charge in [0.2, 0.25) is 0 Å². The highest BCUT2D eigenvalue weighted by molar-refractivity contribution is 6.11. The molecule has 4 aromatic rings. The Hall–Kier alpha value is -4.18. The summed E-state index contributed by atoms with van der Waals surface area (Å²) >= 11 is 0. The van der Waals surface area contributed by atoms with Crippen LogP contribution < -0.4 is 10.2 Å². The topological polar surface area (TPSA) is 50.7 Å². The summed E-state index contributed by atoms with van der Waals surface area (Å²) in [7, 11) is 0. The standard InChI is InChI=1S/C27H22N2O2/c30-27(20-31-26-17-9-15-22-12-7-8-16-24(22)26)29-28-25(23-13-5-2-6-14-23)19-18-21-10-3-1-4-11-21/h1-19H,20H2,(H,29,30)/b19-18+,28-25-. The molecule has 4 aromatic carbocycles. The molecule has 4 heteroatoms. The molecule has 152 valence electrons. The number of amides is 1. The minimum atomic E-state index is -0.325. The van der Waals surface area contributed by atoms with Crippen molar-refractivity contribution in [1.82, 2.24) is 5.43 Å². The summed E-state index contributed by atoms with van der Waals surface area (Å²) in [5.74, 6) is 0.346. The van der Waals surface area contributed by atoms with E-state index in [2.05, 4.69) is 10.5 Å². The lowest BCUT2D eigenvalue weighted by atomic mass is 10.1. The Morgan fingerprint density at radius 2 is 1.48 bits per heavy atom. The summed E-state index contributed by atoms with van der Waals surface area (Å²) in [4.78, 5) is 12.4. The van der Waals surface area contributed by atoms with E-state index in [0.717, 1.165) is 21.9 Å². The number of carbonyl (C=O) groups is 1. The molecule has 0 aliphatic heterocycles. The molecule has 1 amide bonds. The maximum Gasteiger partial charge on any atom is 0.277 e. The highest BCUT2D eigenvalue weighted by atomic mass is 16.5. The van der Waals surface area contributed by atoms with Crippen LogP contribution in [0.3, 0.4) is 0 Å². The van der Waals surface area contributed by atoms with Gasteiger partial charge in [0.05, 0.1) is 5.71 Å². The highest BCUT2D eigenvalue weighted by Gasteiger charge is 2.06. The summed E-state index contributed by atoms with van der Waals surface area (Å²) in [5, 5.41) is 6.37. The van der Waals surface area contributed by atoms with Gasteiger partial charge in [-0.05, 0) is 23.1 Å². The second-order valence-corrected chi connectivity index (χ2v) is 6.91. The zero-order valence-corrected chi connectivity index (χ0v) is 16.9. The average Bonchev–Trinajstić information content (AvgIpc) is 2.84. The van der Waals surface area contributed by atoms with E-state index in [1.807, 2.05) is 115 Å². The third kappa shape index (κ3) is 5.46. The summed E-state index contributed by atoms with van der Waals surface area (Å²) in [5.41, 5.74) is 5.22. The molecule has 0 heterocycles. The summed E-state index contributed by atoms with van der Waals surface area (Å²) in [6.07, 6.45) is 3.85. The van der Waals surface area contributed by atoms with Crippen LogP contribution in [0, 0.1) is 0 Å². The predicted molar refractivity (Wildman–Crippen MR) is 126 cm³/mol. The molecule has 4 nitrogen and oxygen atoms in total. The van der Waals surface area contributed by atoms with Crippen LogP contribution >= 0.6 is 0 Å². The fraction of sp³-hybridized carbons (Fsp3) is 0.0370. The molecular weight excluding hydrogens is 384 g/mol. The number of allylic oxidation sites excluding steroid dienone is 1. The molecular formula is C27H22N2O2. The number of hydrogen-bond donors (Lipinski definition) is 1. The van der Waals surface area contributed by atoms with E-state index in [-0.39, 0.29) is 12.5 Å². The number of benzene rings is 4. The first-order valence-corrected chi connectivity index (χ1v) is 10.1. The lowest BCUT2D eigenvalue weighted by Crippen LogP contribution is -2.25. The molecule has 0 aromatic heterocycles. The first-order valence-electron chi connectivity index (χ1n) is 10.1. The summed E-state index contributed by atoms with van der Waals surface area (Å²) in [6, 6.07) is 33.4. The van der Waals surface area contributed by atoms with Crippen molar-refractivity contribution >= 4 is 28.5 Å². The minimum absolute atomic E-state index is 0.123. The maximum absolute atomic E-state index is 12.4. The number of hydrogen-bond acceptors (Lipinski definition) is 3. The van der Waals surface area contributed by atoms with Crippen molar-refractivity contribution in [2.24, 2.45) is 5.10 Å². The van der Waals surface area contributed by atoms with Gasteiger partial charge in [0.1, 0.15) is 5.75 Å². The van der Waals surface area contributed by atoms with Gasteiger partial charge >= 0.3 is 0 Å². The molecule has 0 spiro atoms. The second kappa shape index (κ2) is 10.0. The van der Waals surface area contributed by atoms with Crippen molar-refractivity contribution in [3.8, 4) is 5.75 Å². The Morgan fingerprint density at radius 1 is 0.806 bits per heavy atom. The van der Waals surface area contributed by atoms with Crippen molar-refractivity contribution in [2.45, 2.75) is 0 Å². The van der Waals surface area contributed by atoms with E-state index < -0.39 is 0 Å². The van der Waals surface area contributed by atoms with Crippen LogP contribution in [0.15, 0.2) is 114 Å². The molecule has 0 atom stereocenters. The van der Waals surface area contributed by atoms with Crippen molar-refractivity contribution in [3.63, 3.8) is 0 Å². The van der Waals surface area contributed by atoms with E-state index >= 15 is 0 Å². The second-order valence-electron chi connectivity index (χ2n) is 6.91. The van der Waals surface area contributed by atoms with Gasteiger partial charge < -0.3 is 4.74 Å². The van der Waals surface area contributed by atoms with Crippen molar-refractivity contribution in [2.75, 3.05) is 6.61 Å². The predicted octanol–water partition coefficient (Wildman–Crippen LogP) is 5.45. The molecule has 1 N–H and O–H groups in total. The number of ether oxygens (including phenoxy) is 1. The average molecular weight is 406 g/mol. The molecule has 4 rings (SSSR count). The third-order valence-corrected chi connectivity index (χ3v) is 4.71. The van der Waals surface area contributed by atoms with Gasteiger partial charge in [0.15, 0.2) is 6.61 Å². The van der Waals surface area contributed by atoms with E-state index in [1.165, 1.54) is 0 Å². The minimum Gasteiger partial charge on any atom is -0.483 e. The van der Waals surface area contributed by atoms with Gasteiger partial charge in [0.25, 0.3) is 5.91 Å². The monoisotopic (exact) mass is 406 g/mol. The van der Waals surface area contributed by atoms with E-state index in [0.29, 0.717) is 11.5 Å². The SMILES string of the molecule is O=C(COc1cccc2ccccc12)N/N=C(/C=C/c1ccccc1)c1ccccc1. The number of nitrogens with zero attached hydrogens (tertiary/aromatic N) is 1. The van der Waals surface area contributed by atoms with E-state index in [1.54, 1.807) is 0 Å². The van der Waals surface area contributed by atoms with E-state index in [9.17, 15) is 4.79 Å². The first-order chi connectivity index (χ1) is 15.3. The van der Waals surface area contributed by atoms with Gasteiger partial charge in [-0.25, -0.2) is 5.43 Å². The van der Waals surface area contributed by atoms with Crippen LogP contribution in [0.5, 0.6) is 5.75 Å². The van der Waals surface area contributed by atoms with Gasteiger partial charge in [-0.2, -0.15) is 5.10 Å². The third-order valence-electron chi connectivity index (χ3n) is 4.71. The van der Waals surface area contributed by atoms with Crippen molar-refractivity contribution < 1.29 is 9.53 Å². The Labute approximate surface area is 181 Å². The zero-order chi connectivity index (χ0) is 21.3. The fourth-order valence-electron chi connectivity index (χ4n) is 3.17. The number of hydrazone groups is 1. The Balaban J connectivity index is 1.46. The number of fused-ring (bicyclic) bond motifs is 1. The summed E-state index contributed by atoms with van der Waals surface area (Å²) < 4.78 is 5.75. The first kappa shape index (κ1) is 20.1. The van der Waals surface area contributed by atoms with Crippen molar-refractivity contribution in [3.05, 3.63) is 120 Å². The normalized spacial score (nSPS) is 11.5. The molecule has 31 heavy (non-hydrogen) atoms. The summed E-state index contributed by atoms with van der Waals surface area (Å²) in [6.45, 7) is -0.123. The number of rotatable bonds is 7. The fourth-order valence-corrected chi connectivity index (χ4v) is 3.17. The van der Waals surface area contributed by atoms with Gasteiger partial charge in [-0.1, -0.05) is 103 Å². The lowest BCUT2D eigenvalue weighted by Gasteiger charge is -2.09. The van der Waals surface area contributed by atoms with Gasteiger partial charge in [-0.3, -0.25) is 4.79 Å². The van der Waals surface area contributed by atoms with Crippen LogP contribution in [0.4, 0.5) is 0 Å². The van der Waals surface area contributed by atoms with Gasteiger partial charge in [0, 0.05) is 10.9 Å². The smallest absolute Gasteiger partial charge is 0.277 e. The van der Waals surface area contributed by atoms with Crippen LogP contribution in [-0.2, 0) is 4.79 Å². The van der Waals surface area contributed by atoms with Crippen LogP contribution in [-0.4, -0.2) is 18.2 Å². The number of carbonyl (C=O) groups excluding carboxylic acids is 1. The Morgan fingerprint density at radius 3 is 2.29 bits per heavy atom. The molecule has 0 aliphatic rings. The molecule has 0 fully saturated rings. The molecule has 0 saturated carbocycles. The van der Waals surface area contributed by atoms with Crippen LogP contribution in [0.2, 0.25) is 0 Å². The number of nitrogens with one attached hydrogen (secondary N) is 1. The molecule has 0 radical (unpaired) electrons. The van der Waals surface area contributed by atoms with Gasteiger partial charge in [-0.15, -0.1) is 0 Å². The Kier molecular flexibility index (Phi) is 6.51. The van der Waals surface area contributed by atoms with Crippen LogP contribution in [0.1, 0.15) is 11.1 Å². The molecule has 0 saturated heterocycles. The molecule has 0 unspecified atom stereocenters. The highest BCUT2D eigenvalue weighted by Crippen LogP contribution is 2.24. The van der Waals surface area contributed by atoms with E-state index in [4.69, 9.17) is 4.74 Å². The zero-order valence-electron chi connectivity index (χ0n) is 16.9. The largest absolute Gasteiger partial charge is 0.483 e. The maximum atomic E-state index is 12.4. The quantitative estimate of drug-likeness (QED) is 0.328. The van der Waals surface area contributed by atoms with Crippen LogP contribution in [0.25, 0.3) is 16.8 Å². The molecule has 0 bridgehead atoms. The molecule has 0 aliphatic carbocycles.